The van der Waals surface area contributed by atoms with E-state index in [-0.39, 0.29) is 36.3 Å². The zero-order chi connectivity index (χ0) is 28.3. The molecule has 9 nitrogen and oxygen atoms in total. The largest absolute Gasteiger partial charge is 0.353 e. The lowest BCUT2D eigenvalue weighted by Gasteiger charge is -2.31. The number of carbonyl (C=O) groups excluding carboxylic acids is 2. The van der Waals surface area contributed by atoms with Crippen LogP contribution < -0.4 is 26.2 Å². The fourth-order valence-electron chi connectivity index (χ4n) is 4.27. The molecule has 206 valence electrons. The molecular weight excluding hydrogens is 504 g/mol. The zero-order valence-corrected chi connectivity index (χ0v) is 22.7. The number of fused-ring (bicyclic) bond motifs is 1. The van der Waals surface area contributed by atoms with Crippen molar-refractivity contribution in [2.24, 2.45) is 0 Å². The second kappa shape index (κ2) is 11.7. The van der Waals surface area contributed by atoms with E-state index in [1.54, 1.807) is 12.1 Å². The standard InChI is InChI=1S/C28H33F2N7O2/c1-15(2)31-11-12-32-27-35-23(19-13-18(10-9-17(19)5)26(38)34-16(3)4)20-14-33-28(39)37(25(20)36-27)24-21(29)7-6-8-22(24)30/h6-10,13,15-16,31H,11-12,14H2,1-5H3,(H,33,39)(H,34,38)(H,32,35,36). The molecule has 1 aliphatic heterocycles. The molecule has 0 aliphatic carbocycles. The maximum atomic E-state index is 14.9. The highest BCUT2D eigenvalue weighted by atomic mass is 19.1. The van der Waals surface area contributed by atoms with Crippen molar-refractivity contribution < 1.29 is 18.4 Å². The molecular formula is C28H33F2N7O2. The Morgan fingerprint density at radius 1 is 1.05 bits per heavy atom. The minimum atomic E-state index is -0.905. The van der Waals surface area contributed by atoms with Crippen molar-refractivity contribution in [1.29, 1.82) is 0 Å². The van der Waals surface area contributed by atoms with Crippen LogP contribution in [0.1, 0.15) is 49.2 Å². The van der Waals surface area contributed by atoms with Gasteiger partial charge in [0.25, 0.3) is 5.91 Å². The van der Waals surface area contributed by atoms with Crippen LogP contribution in [0.5, 0.6) is 0 Å². The van der Waals surface area contributed by atoms with Crippen LogP contribution in [0.2, 0.25) is 0 Å². The molecule has 0 spiro atoms. The third-order valence-corrected chi connectivity index (χ3v) is 6.11. The normalized spacial score (nSPS) is 12.9. The van der Waals surface area contributed by atoms with E-state index in [0.29, 0.717) is 35.5 Å². The van der Waals surface area contributed by atoms with Gasteiger partial charge in [0, 0.05) is 41.9 Å². The number of para-hydroxylation sites is 1. The predicted molar refractivity (Wildman–Crippen MR) is 147 cm³/mol. The summed E-state index contributed by atoms with van der Waals surface area (Å²) in [5, 5.41) is 12.0. The van der Waals surface area contributed by atoms with Gasteiger partial charge in [-0.2, -0.15) is 4.98 Å². The Morgan fingerprint density at radius 2 is 1.77 bits per heavy atom. The van der Waals surface area contributed by atoms with Crippen LogP contribution in [0.25, 0.3) is 11.3 Å². The first-order valence-corrected chi connectivity index (χ1v) is 12.9. The highest BCUT2D eigenvalue weighted by molar-refractivity contribution is 6.02. The molecule has 0 saturated heterocycles. The highest BCUT2D eigenvalue weighted by Gasteiger charge is 2.34. The Labute approximate surface area is 226 Å². The van der Waals surface area contributed by atoms with E-state index in [2.05, 4.69) is 26.3 Å². The van der Waals surface area contributed by atoms with Gasteiger partial charge < -0.3 is 21.3 Å². The van der Waals surface area contributed by atoms with Gasteiger partial charge in [0.15, 0.2) is 5.82 Å². The molecule has 3 amide bonds. The summed E-state index contributed by atoms with van der Waals surface area (Å²) >= 11 is 0. The van der Waals surface area contributed by atoms with Gasteiger partial charge >= 0.3 is 6.03 Å². The Morgan fingerprint density at radius 3 is 2.44 bits per heavy atom. The Balaban J connectivity index is 1.88. The lowest BCUT2D eigenvalue weighted by Crippen LogP contribution is -2.43. The van der Waals surface area contributed by atoms with Gasteiger partial charge in [-0.05, 0) is 50.6 Å². The summed E-state index contributed by atoms with van der Waals surface area (Å²) in [6.07, 6.45) is 0. The average Bonchev–Trinajstić information content (AvgIpc) is 2.87. The molecule has 39 heavy (non-hydrogen) atoms. The van der Waals surface area contributed by atoms with Crippen molar-refractivity contribution in [2.75, 3.05) is 23.3 Å². The quantitative estimate of drug-likeness (QED) is 0.296. The topological polar surface area (TPSA) is 111 Å². The van der Waals surface area contributed by atoms with Crippen molar-refractivity contribution in [3.8, 4) is 11.3 Å². The number of nitrogens with zero attached hydrogens (tertiary/aromatic N) is 3. The zero-order valence-electron chi connectivity index (χ0n) is 22.7. The molecule has 2 heterocycles. The number of aromatic nitrogens is 2. The third-order valence-electron chi connectivity index (χ3n) is 6.11. The van der Waals surface area contributed by atoms with Gasteiger partial charge in [0.05, 0.1) is 12.2 Å². The van der Waals surface area contributed by atoms with Crippen LogP contribution in [0.4, 0.5) is 31.0 Å². The second-order valence-electron chi connectivity index (χ2n) is 9.96. The van der Waals surface area contributed by atoms with Crippen LogP contribution >= 0.6 is 0 Å². The maximum Gasteiger partial charge on any atom is 0.328 e. The molecule has 0 atom stereocenters. The molecule has 0 bridgehead atoms. The molecule has 4 N–H and O–H groups in total. The number of hydrogen-bond acceptors (Lipinski definition) is 6. The minimum Gasteiger partial charge on any atom is -0.353 e. The van der Waals surface area contributed by atoms with E-state index in [0.717, 1.165) is 22.6 Å². The van der Waals surface area contributed by atoms with Crippen molar-refractivity contribution in [1.82, 2.24) is 25.9 Å². The number of anilines is 3. The molecule has 11 heteroatoms. The number of nitrogens with one attached hydrogen (secondary N) is 4. The van der Waals surface area contributed by atoms with Gasteiger partial charge in [0.1, 0.15) is 17.3 Å². The van der Waals surface area contributed by atoms with Gasteiger partial charge in [-0.25, -0.2) is 23.5 Å². The average molecular weight is 538 g/mol. The summed E-state index contributed by atoms with van der Waals surface area (Å²) < 4.78 is 29.8. The molecule has 4 rings (SSSR count). The van der Waals surface area contributed by atoms with Crippen molar-refractivity contribution >= 4 is 29.4 Å². The molecule has 0 fully saturated rings. The van der Waals surface area contributed by atoms with Crippen LogP contribution in [-0.2, 0) is 6.54 Å². The Kier molecular flexibility index (Phi) is 8.39. The lowest BCUT2D eigenvalue weighted by atomic mass is 9.97. The number of carbonyl (C=O) groups is 2. The van der Waals surface area contributed by atoms with E-state index < -0.39 is 23.4 Å². The molecule has 0 saturated carbocycles. The monoisotopic (exact) mass is 537 g/mol. The van der Waals surface area contributed by atoms with Gasteiger partial charge in [-0.15, -0.1) is 0 Å². The number of hydrogen-bond donors (Lipinski definition) is 4. The van der Waals surface area contributed by atoms with E-state index in [4.69, 9.17) is 4.98 Å². The van der Waals surface area contributed by atoms with Crippen LogP contribution in [0, 0.1) is 18.6 Å². The van der Waals surface area contributed by atoms with Crippen molar-refractivity contribution in [2.45, 2.75) is 53.2 Å². The summed E-state index contributed by atoms with van der Waals surface area (Å²) in [5.74, 6) is -1.81. The first kappa shape index (κ1) is 27.9. The number of amides is 3. The van der Waals surface area contributed by atoms with Gasteiger partial charge in [0.2, 0.25) is 5.95 Å². The number of halogens is 2. The fraction of sp³-hybridized carbons (Fsp3) is 0.357. The molecule has 0 unspecified atom stereocenters. The van der Waals surface area contributed by atoms with E-state index in [1.807, 2.05) is 40.7 Å². The summed E-state index contributed by atoms with van der Waals surface area (Å²) in [7, 11) is 0. The molecule has 2 aromatic carbocycles. The number of urea groups is 1. The number of rotatable bonds is 9. The smallest absolute Gasteiger partial charge is 0.328 e. The lowest BCUT2D eigenvalue weighted by molar-refractivity contribution is 0.0943. The molecule has 1 aliphatic rings. The number of benzene rings is 2. The second-order valence-corrected chi connectivity index (χ2v) is 9.96. The molecule has 0 radical (unpaired) electrons. The summed E-state index contributed by atoms with van der Waals surface area (Å²) in [6, 6.07) is 8.17. The van der Waals surface area contributed by atoms with Crippen LogP contribution in [-0.4, -0.2) is 47.1 Å². The highest BCUT2D eigenvalue weighted by Crippen LogP contribution is 2.39. The third kappa shape index (κ3) is 6.14. The van der Waals surface area contributed by atoms with Crippen LogP contribution in [0.3, 0.4) is 0 Å². The molecule has 3 aromatic rings. The number of aryl methyl sites for hydroxylation is 1. The van der Waals surface area contributed by atoms with Crippen molar-refractivity contribution in [3.05, 3.63) is 64.7 Å². The SMILES string of the molecule is Cc1ccc(C(=O)NC(C)C)cc1-c1nc(NCCNC(C)C)nc2c1CNC(=O)N2c1c(F)cccc1F. The van der Waals surface area contributed by atoms with Crippen LogP contribution in [0.15, 0.2) is 36.4 Å². The summed E-state index contributed by atoms with van der Waals surface area (Å²) in [4.78, 5) is 36.0. The van der Waals surface area contributed by atoms with Crippen molar-refractivity contribution in [3.63, 3.8) is 0 Å². The predicted octanol–water partition coefficient (Wildman–Crippen LogP) is 4.64. The first-order chi connectivity index (χ1) is 18.6. The summed E-state index contributed by atoms with van der Waals surface area (Å²) in [6.45, 7) is 10.8. The van der Waals surface area contributed by atoms with Gasteiger partial charge in [-0.1, -0.05) is 26.0 Å². The van der Waals surface area contributed by atoms with E-state index in [9.17, 15) is 18.4 Å². The van der Waals surface area contributed by atoms with E-state index in [1.165, 1.54) is 6.07 Å². The maximum absolute atomic E-state index is 14.9. The first-order valence-electron chi connectivity index (χ1n) is 12.9. The fourth-order valence-corrected chi connectivity index (χ4v) is 4.27. The Bertz CT molecular complexity index is 1370. The minimum absolute atomic E-state index is 0.0348. The molecule has 1 aromatic heterocycles. The van der Waals surface area contributed by atoms with E-state index >= 15 is 0 Å². The summed E-state index contributed by atoms with van der Waals surface area (Å²) in [5.41, 5.74) is 2.27. The van der Waals surface area contributed by atoms with Gasteiger partial charge in [-0.3, -0.25) is 4.79 Å². The Hall–Kier alpha value is -4.12.